The lowest BCUT2D eigenvalue weighted by molar-refractivity contribution is -0.109. The quantitative estimate of drug-likeness (QED) is 0.732. The number of aldehydes is 1. The van der Waals surface area contributed by atoms with Gasteiger partial charge in [-0.1, -0.05) is 0 Å². The van der Waals surface area contributed by atoms with Crippen molar-refractivity contribution in [2.45, 2.75) is 0 Å². The highest BCUT2D eigenvalue weighted by Gasteiger charge is 2.01. The Kier molecular flexibility index (Phi) is 3.40. The van der Waals surface area contributed by atoms with Crippen molar-refractivity contribution >= 4 is 6.29 Å². The number of carbonyl (C=O) groups excluding carboxylic acids is 1. The lowest BCUT2D eigenvalue weighted by Gasteiger charge is -2.02. The molecule has 17 heavy (non-hydrogen) atoms. The third kappa shape index (κ3) is 2.63. The van der Waals surface area contributed by atoms with E-state index in [0.717, 1.165) is 11.4 Å². The van der Waals surface area contributed by atoms with Crippen molar-refractivity contribution < 1.29 is 14.3 Å². The number of hydrogen-bond donors (Lipinski definition) is 0. The second kappa shape index (κ2) is 5.16. The van der Waals surface area contributed by atoms with Gasteiger partial charge < -0.3 is 9.47 Å². The first-order valence-corrected chi connectivity index (χ1v) is 5.09. The molecule has 88 valence electrons. The van der Waals surface area contributed by atoms with Crippen LogP contribution in [0.15, 0.2) is 36.7 Å². The molecule has 1 aromatic carbocycles. The SMILES string of the molecule is COc1ccc(-n2cc(OCC=O)cn2)cc1. The summed E-state index contributed by atoms with van der Waals surface area (Å²) in [5, 5.41) is 4.13. The molecule has 0 aliphatic rings. The Balaban J connectivity index is 2.15. The lowest BCUT2D eigenvalue weighted by Crippen LogP contribution is -1.96. The van der Waals surface area contributed by atoms with Gasteiger partial charge in [0, 0.05) is 0 Å². The zero-order valence-corrected chi connectivity index (χ0v) is 9.37. The minimum Gasteiger partial charge on any atom is -0.497 e. The Labute approximate surface area is 98.6 Å². The number of methoxy groups -OCH3 is 1. The van der Waals surface area contributed by atoms with Crippen molar-refractivity contribution in [3.05, 3.63) is 36.7 Å². The van der Waals surface area contributed by atoms with Gasteiger partial charge in [-0.3, -0.25) is 4.79 Å². The molecule has 0 N–H and O–H groups in total. The van der Waals surface area contributed by atoms with Crippen molar-refractivity contribution in [1.82, 2.24) is 9.78 Å². The Morgan fingerprint density at radius 2 is 2.06 bits per heavy atom. The molecule has 1 aromatic heterocycles. The summed E-state index contributed by atoms with van der Waals surface area (Å²) in [6.07, 6.45) is 3.98. The molecule has 5 nitrogen and oxygen atoms in total. The number of carbonyl (C=O) groups is 1. The fraction of sp³-hybridized carbons (Fsp3) is 0.167. The number of hydrogen-bond acceptors (Lipinski definition) is 4. The van der Waals surface area contributed by atoms with Gasteiger partial charge >= 0.3 is 0 Å². The molecule has 1 heterocycles. The number of nitrogens with zero attached hydrogens (tertiary/aromatic N) is 2. The second-order valence-electron chi connectivity index (χ2n) is 3.30. The summed E-state index contributed by atoms with van der Waals surface area (Å²) in [7, 11) is 1.62. The van der Waals surface area contributed by atoms with Crippen molar-refractivity contribution in [2.75, 3.05) is 13.7 Å². The van der Waals surface area contributed by atoms with Crippen LogP contribution in [0.5, 0.6) is 11.5 Å². The highest BCUT2D eigenvalue weighted by molar-refractivity contribution is 5.51. The first-order chi connectivity index (χ1) is 8.33. The molecular weight excluding hydrogens is 220 g/mol. The second-order valence-corrected chi connectivity index (χ2v) is 3.30. The number of ether oxygens (including phenoxy) is 2. The van der Waals surface area contributed by atoms with Crippen LogP contribution in [0.25, 0.3) is 5.69 Å². The summed E-state index contributed by atoms with van der Waals surface area (Å²) in [5.74, 6) is 1.35. The molecule has 5 heteroatoms. The molecule has 0 fully saturated rings. The maximum absolute atomic E-state index is 10.2. The molecule has 0 atom stereocenters. The summed E-state index contributed by atoms with van der Waals surface area (Å²) in [5.41, 5.74) is 0.895. The molecule has 0 bridgehead atoms. The average Bonchev–Trinajstić information content (AvgIpc) is 2.85. The van der Waals surface area contributed by atoms with Crippen LogP contribution in [0.3, 0.4) is 0 Å². The van der Waals surface area contributed by atoms with Crippen LogP contribution < -0.4 is 9.47 Å². The van der Waals surface area contributed by atoms with Crippen LogP contribution in [-0.4, -0.2) is 29.8 Å². The van der Waals surface area contributed by atoms with Crippen molar-refractivity contribution in [3.8, 4) is 17.2 Å². The van der Waals surface area contributed by atoms with Crippen molar-refractivity contribution in [1.29, 1.82) is 0 Å². The molecule has 0 saturated heterocycles. The Bertz CT molecular complexity index is 491. The minimum atomic E-state index is 0.0360. The van der Waals surface area contributed by atoms with E-state index in [2.05, 4.69) is 5.10 Å². The van der Waals surface area contributed by atoms with Gasteiger partial charge in [0.15, 0.2) is 12.0 Å². The van der Waals surface area contributed by atoms with Crippen LogP contribution in [-0.2, 0) is 4.79 Å². The maximum atomic E-state index is 10.2. The molecular formula is C12H12N2O3. The Morgan fingerprint density at radius 1 is 1.29 bits per heavy atom. The van der Waals surface area contributed by atoms with Gasteiger partial charge in [-0.25, -0.2) is 4.68 Å². The maximum Gasteiger partial charge on any atom is 0.158 e. The zero-order chi connectivity index (χ0) is 12.1. The predicted molar refractivity (Wildman–Crippen MR) is 61.7 cm³/mol. The molecule has 0 aliphatic heterocycles. The van der Waals surface area contributed by atoms with Crippen molar-refractivity contribution in [2.24, 2.45) is 0 Å². The van der Waals surface area contributed by atoms with E-state index in [-0.39, 0.29) is 6.61 Å². The van der Waals surface area contributed by atoms with E-state index in [1.165, 1.54) is 0 Å². The van der Waals surface area contributed by atoms with Gasteiger partial charge in [-0.2, -0.15) is 5.10 Å². The van der Waals surface area contributed by atoms with E-state index in [0.29, 0.717) is 12.0 Å². The summed E-state index contributed by atoms with van der Waals surface area (Å²) in [4.78, 5) is 10.2. The van der Waals surface area contributed by atoms with Crippen molar-refractivity contribution in [3.63, 3.8) is 0 Å². The van der Waals surface area contributed by atoms with Gasteiger partial charge in [-0.05, 0) is 24.3 Å². The molecule has 0 aliphatic carbocycles. The monoisotopic (exact) mass is 232 g/mol. The fourth-order valence-corrected chi connectivity index (χ4v) is 1.39. The third-order valence-corrected chi connectivity index (χ3v) is 2.21. The Hall–Kier alpha value is -2.30. The van der Waals surface area contributed by atoms with E-state index in [1.807, 2.05) is 24.3 Å². The first kappa shape index (κ1) is 11.2. The van der Waals surface area contributed by atoms with E-state index in [1.54, 1.807) is 24.2 Å². The minimum absolute atomic E-state index is 0.0360. The summed E-state index contributed by atoms with van der Waals surface area (Å²) in [6.45, 7) is 0.0360. The first-order valence-electron chi connectivity index (χ1n) is 5.09. The van der Waals surface area contributed by atoms with E-state index >= 15 is 0 Å². The third-order valence-electron chi connectivity index (χ3n) is 2.21. The van der Waals surface area contributed by atoms with E-state index in [9.17, 15) is 4.79 Å². The highest BCUT2D eigenvalue weighted by Crippen LogP contribution is 2.16. The standard InChI is InChI=1S/C12H12N2O3/c1-16-11-4-2-10(3-5-11)14-9-12(8-13-14)17-7-6-15/h2-6,8-9H,7H2,1H3. The van der Waals surface area contributed by atoms with Crippen LogP contribution in [0.2, 0.25) is 0 Å². The average molecular weight is 232 g/mol. The van der Waals surface area contributed by atoms with Crippen LogP contribution in [0, 0.1) is 0 Å². The Morgan fingerprint density at radius 3 is 2.71 bits per heavy atom. The van der Waals surface area contributed by atoms with E-state index < -0.39 is 0 Å². The largest absolute Gasteiger partial charge is 0.497 e. The fourth-order valence-electron chi connectivity index (χ4n) is 1.39. The summed E-state index contributed by atoms with van der Waals surface area (Å²) in [6, 6.07) is 7.47. The molecule has 0 saturated carbocycles. The number of aromatic nitrogens is 2. The summed E-state index contributed by atoms with van der Waals surface area (Å²) < 4.78 is 11.9. The lowest BCUT2D eigenvalue weighted by atomic mass is 10.3. The normalized spacial score (nSPS) is 9.94. The van der Waals surface area contributed by atoms with Gasteiger partial charge in [0.1, 0.15) is 12.4 Å². The molecule has 2 aromatic rings. The molecule has 0 spiro atoms. The van der Waals surface area contributed by atoms with E-state index in [4.69, 9.17) is 9.47 Å². The highest BCUT2D eigenvalue weighted by atomic mass is 16.5. The van der Waals surface area contributed by atoms with Crippen LogP contribution in [0.4, 0.5) is 0 Å². The smallest absolute Gasteiger partial charge is 0.158 e. The van der Waals surface area contributed by atoms with Gasteiger partial charge in [0.2, 0.25) is 0 Å². The summed E-state index contributed by atoms with van der Waals surface area (Å²) >= 11 is 0. The number of rotatable bonds is 5. The molecule has 0 unspecified atom stereocenters. The molecule has 2 rings (SSSR count). The van der Waals surface area contributed by atoms with Gasteiger partial charge in [0.25, 0.3) is 0 Å². The van der Waals surface area contributed by atoms with Gasteiger partial charge in [0.05, 0.1) is 25.2 Å². The zero-order valence-electron chi connectivity index (χ0n) is 9.37. The van der Waals surface area contributed by atoms with Gasteiger partial charge in [-0.15, -0.1) is 0 Å². The topological polar surface area (TPSA) is 53.4 Å². The van der Waals surface area contributed by atoms with Crippen LogP contribution in [0.1, 0.15) is 0 Å². The molecule has 0 radical (unpaired) electrons. The number of benzene rings is 1. The van der Waals surface area contributed by atoms with Crippen LogP contribution >= 0.6 is 0 Å². The predicted octanol–water partition coefficient (Wildman–Crippen LogP) is 1.46. The molecule has 0 amide bonds.